The molecule has 0 amide bonds. The number of nitrogens with zero attached hydrogens (tertiary/aromatic N) is 3. The van der Waals surface area contributed by atoms with E-state index in [0.29, 0.717) is 6.54 Å². The highest BCUT2D eigenvalue weighted by Crippen LogP contribution is 2.27. The molecule has 1 aliphatic heterocycles. The molecule has 2 N–H and O–H groups in total. The molecular formula is C20H36IN5O2. The van der Waals surface area contributed by atoms with Gasteiger partial charge in [0, 0.05) is 33.2 Å². The summed E-state index contributed by atoms with van der Waals surface area (Å²) in [6, 6.07) is 5.93. The predicted molar refractivity (Wildman–Crippen MR) is 126 cm³/mol. The van der Waals surface area contributed by atoms with Gasteiger partial charge in [0.15, 0.2) is 17.5 Å². The van der Waals surface area contributed by atoms with Gasteiger partial charge >= 0.3 is 0 Å². The van der Waals surface area contributed by atoms with Gasteiger partial charge in [0.1, 0.15) is 0 Å². The van der Waals surface area contributed by atoms with Crippen LogP contribution in [0.25, 0.3) is 0 Å². The van der Waals surface area contributed by atoms with E-state index < -0.39 is 0 Å². The second-order valence-corrected chi connectivity index (χ2v) is 6.89. The van der Waals surface area contributed by atoms with E-state index in [1.807, 2.05) is 18.2 Å². The zero-order valence-electron chi connectivity index (χ0n) is 17.7. The van der Waals surface area contributed by atoms with E-state index in [9.17, 15) is 0 Å². The summed E-state index contributed by atoms with van der Waals surface area (Å²) in [6.45, 7) is 7.48. The van der Waals surface area contributed by atoms with Crippen LogP contribution >= 0.6 is 24.0 Å². The van der Waals surface area contributed by atoms with Crippen molar-refractivity contribution < 1.29 is 9.47 Å². The average Bonchev–Trinajstić information content (AvgIpc) is 2.91. The van der Waals surface area contributed by atoms with Crippen molar-refractivity contribution in [1.82, 2.24) is 20.4 Å². The Morgan fingerprint density at radius 2 is 1.86 bits per heavy atom. The van der Waals surface area contributed by atoms with Gasteiger partial charge in [-0.25, -0.2) is 0 Å². The Bertz CT molecular complexity index is 600. The Labute approximate surface area is 186 Å². The topological polar surface area (TPSA) is 61.4 Å². The van der Waals surface area contributed by atoms with Gasteiger partial charge in [-0.1, -0.05) is 6.07 Å². The smallest absolute Gasteiger partial charge is 0.191 e. The number of benzene rings is 1. The standard InChI is InChI=1S/C20H35N5O2.HI/c1-21-20(22-9-5-11-25-12-6-10-24(2)13-14-25)23-16-17-7-8-18(26-3)19(15-17)27-4;/h7-8,15H,5-6,9-14,16H2,1-4H3,(H2,21,22,23);1H. The highest BCUT2D eigenvalue weighted by Gasteiger charge is 2.11. The minimum Gasteiger partial charge on any atom is -0.493 e. The number of hydrogen-bond acceptors (Lipinski definition) is 5. The molecule has 0 saturated carbocycles. The number of guanidine groups is 1. The Kier molecular flexibility index (Phi) is 12.2. The fourth-order valence-electron chi connectivity index (χ4n) is 3.23. The first-order valence-electron chi connectivity index (χ1n) is 9.72. The molecule has 7 nitrogen and oxygen atoms in total. The van der Waals surface area contributed by atoms with E-state index in [1.54, 1.807) is 21.3 Å². The SMILES string of the molecule is CN=C(NCCCN1CCCN(C)CC1)NCc1ccc(OC)c(OC)c1.I. The number of ether oxygens (including phenoxy) is 2. The quantitative estimate of drug-likeness (QED) is 0.244. The molecule has 28 heavy (non-hydrogen) atoms. The van der Waals surface area contributed by atoms with Crippen LogP contribution in [0.2, 0.25) is 0 Å². The van der Waals surface area contributed by atoms with Gasteiger partial charge in [-0.05, 0) is 57.2 Å². The van der Waals surface area contributed by atoms with Crippen LogP contribution in [0.3, 0.4) is 0 Å². The molecule has 1 heterocycles. The van der Waals surface area contributed by atoms with Crippen LogP contribution in [-0.2, 0) is 6.54 Å². The lowest BCUT2D eigenvalue weighted by molar-refractivity contribution is 0.274. The van der Waals surface area contributed by atoms with Crippen molar-refractivity contribution in [3.05, 3.63) is 23.8 Å². The zero-order valence-corrected chi connectivity index (χ0v) is 20.0. The number of halogens is 1. The summed E-state index contributed by atoms with van der Waals surface area (Å²) in [5.41, 5.74) is 1.12. The van der Waals surface area contributed by atoms with Gasteiger partial charge < -0.3 is 29.9 Å². The van der Waals surface area contributed by atoms with Crippen LogP contribution in [0, 0.1) is 0 Å². The summed E-state index contributed by atoms with van der Waals surface area (Å²) in [6.07, 6.45) is 2.37. The maximum absolute atomic E-state index is 5.36. The molecule has 0 spiro atoms. The molecule has 0 radical (unpaired) electrons. The summed E-state index contributed by atoms with van der Waals surface area (Å²) >= 11 is 0. The van der Waals surface area contributed by atoms with Crippen molar-refractivity contribution in [3.63, 3.8) is 0 Å². The molecule has 1 aromatic carbocycles. The molecule has 1 fully saturated rings. The Morgan fingerprint density at radius 1 is 1.07 bits per heavy atom. The van der Waals surface area contributed by atoms with Crippen LogP contribution in [0.1, 0.15) is 18.4 Å². The van der Waals surface area contributed by atoms with E-state index in [-0.39, 0.29) is 24.0 Å². The second kappa shape index (κ2) is 13.8. The van der Waals surface area contributed by atoms with E-state index in [2.05, 4.69) is 32.5 Å². The lowest BCUT2D eigenvalue weighted by Crippen LogP contribution is -2.38. The molecule has 0 unspecified atom stereocenters. The van der Waals surface area contributed by atoms with Crippen molar-refractivity contribution >= 4 is 29.9 Å². The van der Waals surface area contributed by atoms with Crippen molar-refractivity contribution in [2.75, 3.05) is 67.6 Å². The average molecular weight is 505 g/mol. The largest absolute Gasteiger partial charge is 0.493 e. The monoisotopic (exact) mass is 505 g/mol. The van der Waals surface area contributed by atoms with Crippen LogP contribution in [0.15, 0.2) is 23.2 Å². The van der Waals surface area contributed by atoms with Crippen molar-refractivity contribution in [1.29, 1.82) is 0 Å². The third kappa shape index (κ3) is 8.40. The van der Waals surface area contributed by atoms with Crippen LogP contribution < -0.4 is 20.1 Å². The van der Waals surface area contributed by atoms with Gasteiger partial charge in [-0.3, -0.25) is 4.99 Å². The molecule has 1 aromatic rings. The molecule has 0 aliphatic carbocycles. The number of methoxy groups -OCH3 is 2. The number of rotatable bonds is 8. The number of likely N-dealkylation sites (N-methyl/N-ethyl adjacent to an activating group) is 1. The highest BCUT2D eigenvalue weighted by atomic mass is 127. The molecule has 160 valence electrons. The molecule has 2 rings (SSSR count). The molecule has 0 atom stereocenters. The summed E-state index contributed by atoms with van der Waals surface area (Å²) in [7, 11) is 7.30. The summed E-state index contributed by atoms with van der Waals surface area (Å²) < 4.78 is 10.6. The predicted octanol–water partition coefficient (Wildman–Crippen LogP) is 2.01. The second-order valence-electron chi connectivity index (χ2n) is 6.89. The summed E-state index contributed by atoms with van der Waals surface area (Å²) in [4.78, 5) is 9.28. The normalized spacial score (nSPS) is 16.1. The zero-order chi connectivity index (χ0) is 19.5. The Balaban J connectivity index is 0.00000392. The van der Waals surface area contributed by atoms with E-state index >= 15 is 0 Å². The third-order valence-corrected chi connectivity index (χ3v) is 4.89. The number of aliphatic imine (C=N–C) groups is 1. The van der Waals surface area contributed by atoms with Gasteiger partial charge in [-0.15, -0.1) is 24.0 Å². The highest BCUT2D eigenvalue weighted by molar-refractivity contribution is 14.0. The minimum atomic E-state index is 0. The fraction of sp³-hybridized carbons (Fsp3) is 0.650. The lowest BCUT2D eigenvalue weighted by Gasteiger charge is -2.20. The number of hydrogen-bond donors (Lipinski definition) is 2. The molecule has 1 aliphatic rings. The third-order valence-electron chi connectivity index (χ3n) is 4.89. The van der Waals surface area contributed by atoms with Crippen LogP contribution in [0.4, 0.5) is 0 Å². The molecule has 0 aromatic heterocycles. The molecule has 0 bridgehead atoms. The van der Waals surface area contributed by atoms with Crippen LogP contribution in [-0.4, -0.2) is 83.3 Å². The fourth-order valence-corrected chi connectivity index (χ4v) is 3.23. The van der Waals surface area contributed by atoms with Crippen LogP contribution in [0.5, 0.6) is 11.5 Å². The van der Waals surface area contributed by atoms with Gasteiger partial charge in [0.25, 0.3) is 0 Å². The first kappa shape index (κ1) is 24.8. The maximum atomic E-state index is 5.36. The van der Waals surface area contributed by atoms with Crippen molar-refractivity contribution in [2.24, 2.45) is 4.99 Å². The Hall–Kier alpha value is -1.26. The first-order valence-corrected chi connectivity index (χ1v) is 9.72. The van der Waals surface area contributed by atoms with E-state index in [4.69, 9.17) is 9.47 Å². The first-order chi connectivity index (χ1) is 13.2. The number of nitrogens with one attached hydrogen (secondary N) is 2. The summed E-state index contributed by atoms with van der Waals surface area (Å²) in [5.74, 6) is 2.30. The van der Waals surface area contributed by atoms with Crippen molar-refractivity contribution in [2.45, 2.75) is 19.4 Å². The van der Waals surface area contributed by atoms with Crippen molar-refractivity contribution in [3.8, 4) is 11.5 Å². The molecule has 1 saturated heterocycles. The van der Waals surface area contributed by atoms with Gasteiger partial charge in [-0.2, -0.15) is 0 Å². The van der Waals surface area contributed by atoms with Gasteiger partial charge in [0.2, 0.25) is 0 Å². The van der Waals surface area contributed by atoms with E-state index in [0.717, 1.165) is 42.5 Å². The maximum Gasteiger partial charge on any atom is 0.191 e. The van der Waals surface area contributed by atoms with E-state index in [1.165, 1.54) is 32.6 Å². The Morgan fingerprint density at radius 3 is 2.57 bits per heavy atom. The minimum absolute atomic E-state index is 0. The lowest BCUT2D eigenvalue weighted by atomic mass is 10.2. The molecular weight excluding hydrogens is 469 g/mol. The summed E-state index contributed by atoms with van der Waals surface area (Å²) in [5, 5.41) is 6.75. The molecule has 8 heteroatoms. The van der Waals surface area contributed by atoms with Gasteiger partial charge in [0.05, 0.1) is 14.2 Å².